The Morgan fingerprint density at radius 3 is 2.54 bits per heavy atom. The summed E-state index contributed by atoms with van der Waals surface area (Å²) in [6, 6.07) is 19.5. The number of nitrogens with zero attached hydrogens (tertiary/aromatic N) is 5. The molecule has 0 atom stereocenters. The highest BCUT2D eigenvalue weighted by Crippen LogP contribution is 2.26. The van der Waals surface area contributed by atoms with Crippen LogP contribution in [-0.4, -0.2) is 36.5 Å². The number of anilines is 1. The van der Waals surface area contributed by atoms with E-state index >= 15 is 0 Å². The smallest absolute Gasteiger partial charge is 0.458 e. The molecule has 186 valence electrons. The van der Waals surface area contributed by atoms with Gasteiger partial charge in [-0.2, -0.15) is 13.8 Å². The highest BCUT2D eigenvalue weighted by atomic mass is 19.3. The van der Waals surface area contributed by atoms with E-state index in [1.807, 2.05) is 25.1 Å². The fraction of sp³-hybridized carbons (Fsp3) is 0.115. The van der Waals surface area contributed by atoms with Gasteiger partial charge in [0.25, 0.3) is 0 Å². The van der Waals surface area contributed by atoms with Gasteiger partial charge in [0.05, 0.1) is 11.2 Å². The van der Waals surface area contributed by atoms with Crippen LogP contribution in [0.3, 0.4) is 0 Å². The van der Waals surface area contributed by atoms with Gasteiger partial charge in [0.15, 0.2) is 5.65 Å². The van der Waals surface area contributed by atoms with Crippen LogP contribution in [0.15, 0.2) is 85.2 Å². The molecule has 9 nitrogen and oxygen atoms in total. The van der Waals surface area contributed by atoms with Crippen molar-refractivity contribution in [3.8, 4) is 17.6 Å². The number of fused-ring (bicyclic) bond motifs is 1. The maximum absolute atomic E-state index is 14.3. The molecule has 1 amide bonds. The first kappa shape index (κ1) is 23.8. The fourth-order valence-electron chi connectivity index (χ4n) is 3.55. The van der Waals surface area contributed by atoms with E-state index in [1.54, 1.807) is 41.2 Å². The van der Waals surface area contributed by atoms with Gasteiger partial charge in [0.1, 0.15) is 24.0 Å². The fourth-order valence-corrected chi connectivity index (χ4v) is 3.55. The van der Waals surface area contributed by atoms with Crippen LogP contribution in [0.4, 0.5) is 14.6 Å². The normalized spacial score (nSPS) is 11.3. The number of carbonyl (C=O) groups is 1. The minimum atomic E-state index is -4.10. The lowest BCUT2D eigenvalue weighted by atomic mass is 10.3. The van der Waals surface area contributed by atoms with Crippen molar-refractivity contribution in [1.29, 1.82) is 0 Å². The molecule has 5 aromatic rings. The van der Waals surface area contributed by atoms with E-state index in [9.17, 15) is 13.6 Å². The molecule has 0 radical (unpaired) electrons. The number of rotatable bonds is 8. The monoisotopic (exact) mass is 502 g/mol. The summed E-state index contributed by atoms with van der Waals surface area (Å²) >= 11 is 0. The van der Waals surface area contributed by atoms with Gasteiger partial charge >= 0.3 is 18.0 Å². The molecule has 4 aromatic heterocycles. The number of pyridine rings is 3. The van der Waals surface area contributed by atoms with Gasteiger partial charge in [-0.3, -0.25) is 4.79 Å². The number of benzene rings is 1. The van der Waals surface area contributed by atoms with Gasteiger partial charge in [-0.05, 0) is 55.0 Å². The summed E-state index contributed by atoms with van der Waals surface area (Å²) in [5, 5.41) is 2.09. The number of imidazole rings is 1. The summed E-state index contributed by atoms with van der Waals surface area (Å²) in [6.45, 7) is 1.86. The summed E-state index contributed by atoms with van der Waals surface area (Å²) in [4.78, 5) is 29.6. The highest BCUT2D eigenvalue weighted by molar-refractivity contribution is 5.94. The molecule has 0 spiro atoms. The number of hydrogen-bond donors (Lipinski definition) is 1. The Kier molecular flexibility index (Phi) is 6.42. The van der Waals surface area contributed by atoms with E-state index in [1.165, 1.54) is 30.3 Å². The van der Waals surface area contributed by atoms with Gasteiger partial charge < -0.3 is 14.8 Å². The second-order valence-corrected chi connectivity index (χ2v) is 7.91. The van der Waals surface area contributed by atoms with Crippen LogP contribution in [0, 0.1) is 6.92 Å². The molecule has 5 rings (SSSR count). The summed E-state index contributed by atoms with van der Waals surface area (Å²) in [5.74, 6) is -1.25. The molecule has 37 heavy (non-hydrogen) atoms. The van der Waals surface area contributed by atoms with Gasteiger partial charge in [0.2, 0.25) is 0 Å². The molecule has 0 saturated carbocycles. The Morgan fingerprint density at radius 2 is 1.73 bits per heavy atom. The molecule has 1 N–H and O–H groups in total. The van der Waals surface area contributed by atoms with Crippen LogP contribution >= 0.6 is 0 Å². The number of nitrogens with one attached hydrogen (secondary N) is 1. The lowest BCUT2D eigenvalue weighted by molar-refractivity contribution is -0.187. The lowest BCUT2D eigenvalue weighted by Crippen LogP contribution is -2.40. The van der Waals surface area contributed by atoms with E-state index < -0.39 is 12.0 Å². The predicted molar refractivity (Wildman–Crippen MR) is 131 cm³/mol. The molecule has 1 aromatic carbocycles. The van der Waals surface area contributed by atoms with Crippen molar-refractivity contribution in [2.24, 2.45) is 0 Å². The zero-order chi connectivity index (χ0) is 25.8. The molecule has 0 fully saturated rings. The number of carbonyl (C=O) groups excluding carboxylic acids is 1. The van der Waals surface area contributed by atoms with E-state index in [4.69, 9.17) is 4.74 Å². The second-order valence-electron chi connectivity index (χ2n) is 7.91. The minimum absolute atomic E-state index is 0.0597. The molecular weight excluding hydrogens is 482 g/mol. The Hall–Kier alpha value is -4.93. The molecule has 11 heteroatoms. The van der Waals surface area contributed by atoms with Gasteiger partial charge in [-0.15, -0.1) is 0 Å². The molecule has 0 bridgehead atoms. The number of halogens is 2. The average Bonchev–Trinajstić information content (AvgIpc) is 3.26. The second kappa shape index (κ2) is 9.97. The number of aryl methyl sites for hydroxylation is 1. The van der Waals surface area contributed by atoms with E-state index in [0.29, 0.717) is 22.7 Å². The highest BCUT2D eigenvalue weighted by Gasteiger charge is 2.42. The van der Waals surface area contributed by atoms with E-state index in [2.05, 4.69) is 30.0 Å². The Bertz CT molecular complexity index is 1560. The van der Waals surface area contributed by atoms with Crippen molar-refractivity contribution < 1.29 is 23.0 Å². The van der Waals surface area contributed by atoms with Gasteiger partial charge in [-0.1, -0.05) is 30.3 Å². The largest absolute Gasteiger partial charge is 0.482 e. The predicted octanol–water partition coefficient (Wildman–Crippen LogP) is 4.71. The number of amides is 1. The first-order chi connectivity index (χ1) is 17.9. The molecule has 0 aliphatic heterocycles. The van der Waals surface area contributed by atoms with Gasteiger partial charge in [-0.25, -0.2) is 19.5 Å². The topological polar surface area (TPSA) is 104 Å². The van der Waals surface area contributed by atoms with Crippen LogP contribution in [0.25, 0.3) is 17.0 Å². The van der Waals surface area contributed by atoms with Crippen molar-refractivity contribution in [2.75, 3.05) is 5.32 Å². The molecule has 0 unspecified atom stereocenters. The zero-order valence-electron chi connectivity index (χ0n) is 19.5. The van der Waals surface area contributed by atoms with Crippen molar-refractivity contribution in [1.82, 2.24) is 24.5 Å². The van der Waals surface area contributed by atoms with Crippen LogP contribution in [0.5, 0.6) is 11.8 Å². The Morgan fingerprint density at radius 1 is 0.946 bits per heavy atom. The molecule has 0 aliphatic carbocycles. The Labute approximate surface area is 209 Å². The number of alkyl halides is 2. The van der Waals surface area contributed by atoms with Crippen molar-refractivity contribution in [3.05, 3.63) is 96.4 Å². The first-order valence-corrected chi connectivity index (χ1v) is 11.2. The van der Waals surface area contributed by atoms with E-state index in [-0.39, 0.29) is 24.2 Å². The van der Waals surface area contributed by atoms with Crippen LogP contribution in [-0.2, 0) is 11.4 Å². The van der Waals surface area contributed by atoms with Crippen molar-refractivity contribution in [3.63, 3.8) is 0 Å². The maximum atomic E-state index is 14.3. The SMILES string of the molecule is Cc1cccnc1-n1c(OCc2cccc(NC(=O)C(F)(F)Oc3ccccc3)n2)nc2ncccc21. The lowest BCUT2D eigenvalue weighted by Gasteiger charge is -2.17. The Balaban J connectivity index is 1.33. The van der Waals surface area contributed by atoms with Gasteiger partial charge in [0, 0.05) is 12.4 Å². The third-order valence-electron chi connectivity index (χ3n) is 5.24. The van der Waals surface area contributed by atoms with Crippen molar-refractivity contribution in [2.45, 2.75) is 19.6 Å². The molecule has 0 aliphatic rings. The average molecular weight is 502 g/mol. The molecule has 0 saturated heterocycles. The minimum Gasteiger partial charge on any atom is -0.458 e. The molecular formula is C26H20F2N6O3. The molecule has 4 heterocycles. The third kappa shape index (κ3) is 5.20. The number of aromatic nitrogens is 5. The summed E-state index contributed by atoms with van der Waals surface area (Å²) < 4.78 is 40.8. The van der Waals surface area contributed by atoms with Crippen LogP contribution in [0.2, 0.25) is 0 Å². The van der Waals surface area contributed by atoms with Crippen LogP contribution < -0.4 is 14.8 Å². The number of para-hydroxylation sites is 1. The summed E-state index contributed by atoms with van der Waals surface area (Å²) in [5.41, 5.74) is 2.44. The van der Waals surface area contributed by atoms with Crippen LogP contribution in [0.1, 0.15) is 11.3 Å². The maximum Gasteiger partial charge on any atom is 0.482 e. The zero-order valence-corrected chi connectivity index (χ0v) is 19.5. The third-order valence-corrected chi connectivity index (χ3v) is 5.24. The summed E-state index contributed by atoms with van der Waals surface area (Å²) in [7, 11) is 0. The van der Waals surface area contributed by atoms with Crippen molar-refractivity contribution >= 4 is 22.9 Å². The number of ether oxygens (including phenoxy) is 2. The van der Waals surface area contributed by atoms with E-state index in [0.717, 1.165) is 5.56 Å². The number of hydrogen-bond acceptors (Lipinski definition) is 7. The quantitative estimate of drug-likeness (QED) is 0.328. The summed E-state index contributed by atoms with van der Waals surface area (Å²) in [6.07, 6.45) is -0.813. The standard InChI is InChI=1S/C26H20F2N6O3/c1-17-8-6-15-30-23(17)34-20-12-7-14-29-22(20)33-25(34)36-16-18-9-5-13-21(31-18)32-24(35)26(27,28)37-19-10-3-2-4-11-19/h2-15H,16H2,1H3,(H,31,32,35). The first-order valence-electron chi connectivity index (χ1n) is 11.2.